The highest BCUT2D eigenvalue weighted by Crippen LogP contribution is 2.20. The van der Waals surface area contributed by atoms with E-state index in [4.69, 9.17) is 9.72 Å². The molecule has 3 aromatic rings. The standard InChI is InChI=1S/C22H25N3O2/c1-2-3-8-21-23-20-7-5-4-6-19(20)22(26)25(21)18-11-9-17(10-12-18)24-13-15-27-16-14-24/h4-7,9-12H,2-3,8,13-16H2,1H3. The minimum atomic E-state index is 0.00539. The number of aryl methyl sites for hydroxylation is 1. The fraction of sp³-hybridized carbons (Fsp3) is 0.364. The molecule has 1 aliphatic heterocycles. The zero-order valence-corrected chi connectivity index (χ0v) is 15.7. The van der Waals surface area contributed by atoms with E-state index in [0.29, 0.717) is 5.39 Å². The van der Waals surface area contributed by atoms with Gasteiger partial charge < -0.3 is 9.64 Å². The molecule has 27 heavy (non-hydrogen) atoms. The molecule has 5 nitrogen and oxygen atoms in total. The van der Waals surface area contributed by atoms with Crippen LogP contribution >= 0.6 is 0 Å². The summed E-state index contributed by atoms with van der Waals surface area (Å²) in [6.07, 6.45) is 2.87. The van der Waals surface area contributed by atoms with Crippen molar-refractivity contribution in [2.24, 2.45) is 0 Å². The Hall–Kier alpha value is -2.66. The number of ether oxygens (including phenoxy) is 1. The zero-order chi connectivity index (χ0) is 18.6. The first-order valence-electron chi connectivity index (χ1n) is 9.71. The SMILES string of the molecule is CCCCc1nc2ccccc2c(=O)n1-c1ccc(N2CCOCC2)cc1. The van der Waals surface area contributed by atoms with E-state index in [9.17, 15) is 4.79 Å². The molecule has 0 atom stereocenters. The van der Waals surface area contributed by atoms with Crippen LogP contribution in [0.1, 0.15) is 25.6 Å². The van der Waals surface area contributed by atoms with Crippen LogP contribution in [-0.4, -0.2) is 35.9 Å². The number of fused-ring (bicyclic) bond motifs is 1. The van der Waals surface area contributed by atoms with E-state index >= 15 is 0 Å². The highest BCUT2D eigenvalue weighted by atomic mass is 16.5. The van der Waals surface area contributed by atoms with Gasteiger partial charge in [-0.25, -0.2) is 4.98 Å². The molecule has 0 spiro atoms. The Bertz CT molecular complexity index is 973. The molecule has 0 radical (unpaired) electrons. The molecule has 0 bridgehead atoms. The molecule has 2 heterocycles. The van der Waals surface area contributed by atoms with Crippen LogP contribution in [0.3, 0.4) is 0 Å². The first-order valence-corrected chi connectivity index (χ1v) is 9.71. The highest BCUT2D eigenvalue weighted by molar-refractivity contribution is 5.77. The minimum absolute atomic E-state index is 0.00539. The lowest BCUT2D eigenvalue weighted by Crippen LogP contribution is -2.36. The summed E-state index contributed by atoms with van der Waals surface area (Å²) in [5.74, 6) is 0.833. The Kier molecular flexibility index (Phi) is 5.21. The Morgan fingerprint density at radius 2 is 1.70 bits per heavy atom. The fourth-order valence-corrected chi connectivity index (χ4v) is 3.58. The molecule has 140 valence electrons. The van der Waals surface area contributed by atoms with E-state index in [0.717, 1.165) is 62.6 Å². The van der Waals surface area contributed by atoms with Gasteiger partial charge in [-0.1, -0.05) is 25.5 Å². The molecule has 0 N–H and O–H groups in total. The normalized spacial score (nSPS) is 14.6. The third-order valence-corrected chi connectivity index (χ3v) is 5.08. The molecule has 1 aromatic heterocycles. The van der Waals surface area contributed by atoms with Gasteiger partial charge in [0.25, 0.3) is 5.56 Å². The van der Waals surface area contributed by atoms with Gasteiger partial charge >= 0.3 is 0 Å². The first-order chi connectivity index (χ1) is 13.3. The number of hydrogen-bond acceptors (Lipinski definition) is 4. The van der Waals surface area contributed by atoms with Crippen molar-refractivity contribution in [3.05, 3.63) is 64.7 Å². The molecule has 2 aromatic carbocycles. The van der Waals surface area contributed by atoms with Gasteiger partial charge in [0, 0.05) is 25.2 Å². The van der Waals surface area contributed by atoms with Gasteiger partial charge in [0.2, 0.25) is 0 Å². The predicted molar refractivity (Wildman–Crippen MR) is 109 cm³/mol. The van der Waals surface area contributed by atoms with Crippen LogP contribution in [0.2, 0.25) is 0 Å². The number of unbranched alkanes of at least 4 members (excludes halogenated alkanes) is 1. The Balaban J connectivity index is 1.77. The zero-order valence-electron chi connectivity index (χ0n) is 15.7. The van der Waals surface area contributed by atoms with E-state index in [1.54, 1.807) is 4.57 Å². The summed E-state index contributed by atoms with van der Waals surface area (Å²) in [7, 11) is 0. The average molecular weight is 363 g/mol. The van der Waals surface area contributed by atoms with Crippen LogP contribution in [-0.2, 0) is 11.2 Å². The predicted octanol–water partition coefficient (Wildman–Crippen LogP) is 3.56. The lowest BCUT2D eigenvalue weighted by Gasteiger charge is -2.29. The van der Waals surface area contributed by atoms with Crippen LogP contribution < -0.4 is 10.5 Å². The average Bonchev–Trinajstić information content (AvgIpc) is 2.73. The van der Waals surface area contributed by atoms with Gasteiger partial charge in [-0.3, -0.25) is 9.36 Å². The topological polar surface area (TPSA) is 47.4 Å². The summed E-state index contributed by atoms with van der Waals surface area (Å²) >= 11 is 0. The smallest absolute Gasteiger partial charge is 0.265 e. The highest BCUT2D eigenvalue weighted by Gasteiger charge is 2.14. The van der Waals surface area contributed by atoms with Gasteiger partial charge in [0.15, 0.2) is 0 Å². The van der Waals surface area contributed by atoms with Crippen LogP contribution in [0.5, 0.6) is 0 Å². The number of morpholine rings is 1. The molecule has 1 aliphatic rings. The summed E-state index contributed by atoms with van der Waals surface area (Å²) in [6, 6.07) is 15.8. The largest absolute Gasteiger partial charge is 0.378 e. The van der Waals surface area contributed by atoms with E-state index < -0.39 is 0 Å². The van der Waals surface area contributed by atoms with E-state index in [1.807, 2.05) is 36.4 Å². The number of aromatic nitrogens is 2. The number of rotatable bonds is 5. The van der Waals surface area contributed by atoms with Gasteiger partial charge in [-0.15, -0.1) is 0 Å². The molecule has 4 rings (SSSR count). The summed E-state index contributed by atoms with van der Waals surface area (Å²) in [5.41, 5.74) is 2.82. The third-order valence-electron chi connectivity index (χ3n) is 5.08. The van der Waals surface area contributed by atoms with E-state index in [2.05, 4.69) is 24.0 Å². The minimum Gasteiger partial charge on any atom is -0.378 e. The van der Waals surface area contributed by atoms with Crippen molar-refractivity contribution in [3.8, 4) is 5.69 Å². The molecule has 5 heteroatoms. The van der Waals surface area contributed by atoms with Crippen LogP contribution in [0.15, 0.2) is 53.3 Å². The van der Waals surface area contributed by atoms with Gasteiger partial charge in [0.05, 0.1) is 29.8 Å². The van der Waals surface area contributed by atoms with Crippen molar-refractivity contribution in [2.45, 2.75) is 26.2 Å². The maximum atomic E-state index is 13.2. The van der Waals surface area contributed by atoms with Crippen molar-refractivity contribution < 1.29 is 4.74 Å². The number of para-hydroxylation sites is 1. The molecular formula is C22H25N3O2. The number of hydrogen-bond donors (Lipinski definition) is 0. The van der Waals surface area contributed by atoms with E-state index in [1.165, 1.54) is 5.69 Å². The Morgan fingerprint density at radius 1 is 1.00 bits per heavy atom. The number of anilines is 1. The maximum absolute atomic E-state index is 13.2. The van der Waals surface area contributed by atoms with Crippen molar-refractivity contribution >= 4 is 16.6 Å². The van der Waals surface area contributed by atoms with Gasteiger partial charge in [0.1, 0.15) is 5.82 Å². The molecule has 1 fully saturated rings. The van der Waals surface area contributed by atoms with Gasteiger partial charge in [-0.2, -0.15) is 0 Å². The molecule has 0 amide bonds. The van der Waals surface area contributed by atoms with Crippen LogP contribution in [0, 0.1) is 0 Å². The molecule has 0 saturated carbocycles. The number of benzene rings is 2. The second-order valence-electron chi connectivity index (χ2n) is 6.91. The van der Waals surface area contributed by atoms with Crippen LogP contribution in [0.25, 0.3) is 16.6 Å². The third kappa shape index (κ3) is 3.60. The van der Waals surface area contributed by atoms with Crippen molar-refractivity contribution in [1.29, 1.82) is 0 Å². The molecular weight excluding hydrogens is 338 g/mol. The summed E-state index contributed by atoms with van der Waals surface area (Å²) < 4.78 is 7.21. The second-order valence-corrected chi connectivity index (χ2v) is 6.91. The Morgan fingerprint density at radius 3 is 2.44 bits per heavy atom. The summed E-state index contributed by atoms with van der Waals surface area (Å²) in [5, 5.41) is 0.662. The van der Waals surface area contributed by atoms with Gasteiger partial charge in [-0.05, 0) is 42.8 Å². The van der Waals surface area contributed by atoms with Crippen molar-refractivity contribution in [1.82, 2.24) is 9.55 Å². The first kappa shape index (κ1) is 17.7. The van der Waals surface area contributed by atoms with E-state index in [-0.39, 0.29) is 5.56 Å². The molecule has 0 aliphatic carbocycles. The Labute approximate surface area is 159 Å². The number of nitrogens with zero attached hydrogens (tertiary/aromatic N) is 3. The van der Waals surface area contributed by atoms with Crippen molar-refractivity contribution in [3.63, 3.8) is 0 Å². The summed E-state index contributed by atoms with van der Waals surface area (Å²) in [6.45, 7) is 5.48. The molecule has 1 saturated heterocycles. The second kappa shape index (κ2) is 7.92. The van der Waals surface area contributed by atoms with Crippen LogP contribution in [0.4, 0.5) is 5.69 Å². The molecule has 0 unspecified atom stereocenters. The quantitative estimate of drug-likeness (QED) is 0.695. The fourth-order valence-electron chi connectivity index (χ4n) is 3.58. The lowest BCUT2D eigenvalue weighted by atomic mass is 10.2. The monoisotopic (exact) mass is 363 g/mol. The summed E-state index contributed by atoms with van der Waals surface area (Å²) in [4.78, 5) is 20.3. The van der Waals surface area contributed by atoms with Crippen molar-refractivity contribution in [2.75, 3.05) is 31.2 Å². The maximum Gasteiger partial charge on any atom is 0.265 e. The lowest BCUT2D eigenvalue weighted by molar-refractivity contribution is 0.122.